The second-order valence-corrected chi connectivity index (χ2v) is 6.15. The number of hydrogen-bond acceptors (Lipinski definition) is 0. The summed E-state index contributed by atoms with van der Waals surface area (Å²) in [5.74, 6) is 0. The lowest BCUT2D eigenvalue weighted by Crippen LogP contribution is -2.04. The Balaban J connectivity index is 1.65. The maximum absolute atomic E-state index is 12.7. The Morgan fingerprint density at radius 3 is 2.21 bits per heavy atom. The molecule has 0 radical (unpaired) electrons. The largest absolute Gasteiger partial charge is 0.416 e. The van der Waals surface area contributed by atoms with E-state index < -0.39 is 11.7 Å². The fraction of sp³-hybridized carbons (Fsp3) is 0.143. The molecule has 0 unspecified atom stereocenters. The van der Waals surface area contributed by atoms with Crippen LogP contribution in [0.15, 0.2) is 66.7 Å². The molecule has 3 aromatic rings. The molecule has 0 heterocycles. The Kier molecular flexibility index (Phi) is 3.45. The van der Waals surface area contributed by atoms with Gasteiger partial charge in [-0.15, -0.1) is 0 Å². The van der Waals surface area contributed by atoms with Crippen molar-refractivity contribution >= 4 is 0 Å². The molecule has 3 heteroatoms. The minimum absolute atomic E-state index is 0.600. The van der Waals surface area contributed by atoms with E-state index in [9.17, 15) is 13.2 Å². The van der Waals surface area contributed by atoms with Gasteiger partial charge >= 0.3 is 6.18 Å². The zero-order chi connectivity index (χ0) is 16.7. The lowest BCUT2D eigenvalue weighted by atomic mass is 9.95. The fourth-order valence-electron chi connectivity index (χ4n) is 3.42. The number of hydrogen-bond donors (Lipinski definition) is 0. The fourth-order valence-corrected chi connectivity index (χ4v) is 3.42. The first-order valence-electron chi connectivity index (χ1n) is 7.87. The molecule has 120 valence electrons. The molecular formula is C21H15F3. The van der Waals surface area contributed by atoms with Crippen LogP contribution in [0.1, 0.15) is 27.8 Å². The highest BCUT2D eigenvalue weighted by Gasteiger charge is 2.30. The standard InChI is InChI=1S/C21H15F3/c22-21(23,24)17-10-8-14(9-11-17)12-15-5-3-7-19-18-6-2-1-4-16(18)13-20(15)19/h1-11H,12-13H2. The third kappa shape index (κ3) is 2.60. The van der Waals surface area contributed by atoms with Crippen LogP contribution in [-0.2, 0) is 19.0 Å². The predicted octanol–water partition coefficient (Wildman–Crippen LogP) is 5.87. The molecule has 1 aliphatic rings. The van der Waals surface area contributed by atoms with Crippen LogP contribution in [0.2, 0.25) is 0 Å². The van der Waals surface area contributed by atoms with Gasteiger partial charge in [-0.1, -0.05) is 54.6 Å². The van der Waals surface area contributed by atoms with Gasteiger partial charge in [0.15, 0.2) is 0 Å². The summed E-state index contributed by atoms with van der Waals surface area (Å²) in [6.45, 7) is 0. The van der Waals surface area contributed by atoms with Crippen LogP contribution < -0.4 is 0 Å². The molecule has 0 aromatic heterocycles. The predicted molar refractivity (Wildman–Crippen MR) is 88.9 cm³/mol. The first-order chi connectivity index (χ1) is 11.5. The van der Waals surface area contributed by atoms with Gasteiger partial charge in [0.1, 0.15) is 0 Å². The number of alkyl halides is 3. The quantitative estimate of drug-likeness (QED) is 0.433. The summed E-state index contributed by atoms with van der Waals surface area (Å²) < 4.78 is 38.0. The monoisotopic (exact) mass is 324 g/mol. The molecule has 0 spiro atoms. The summed E-state index contributed by atoms with van der Waals surface area (Å²) in [5, 5.41) is 0. The zero-order valence-corrected chi connectivity index (χ0v) is 12.9. The van der Waals surface area contributed by atoms with Crippen molar-refractivity contribution in [1.29, 1.82) is 0 Å². The van der Waals surface area contributed by atoms with Gasteiger partial charge in [-0.3, -0.25) is 0 Å². The molecule has 1 aliphatic carbocycles. The first-order valence-corrected chi connectivity index (χ1v) is 7.87. The molecule has 0 saturated carbocycles. The minimum atomic E-state index is -4.28. The molecular weight excluding hydrogens is 309 g/mol. The minimum Gasteiger partial charge on any atom is -0.166 e. The van der Waals surface area contributed by atoms with Crippen molar-refractivity contribution < 1.29 is 13.2 Å². The Morgan fingerprint density at radius 1 is 0.750 bits per heavy atom. The molecule has 0 aliphatic heterocycles. The van der Waals surface area contributed by atoms with Crippen LogP contribution in [0.25, 0.3) is 11.1 Å². The Labute approximate surface area is 138 Å². The Hall–Kier alpha value is -2.55. The molecule has 0 bridgehead atoms. The van der Waals surface area contributed by atoms with E-state index >= 15 is 0 Å². The maximum atomic E-state index is 12.7. The van der Waals surface area contributed by atoms with E-state index in [1.807, 2.05) is 18.2 Å². The highest BCUT2D eigenvalue weighted by Crippen LogP contribution is 2.38. The van der Waals surface area contributed by atoms with Crippen LogP contribution in [0.3, 0.4) is 0 Å². The van der Waals surface area contributed by atoms with Gasteiger partial charge < -0.3 is 0 Å². The van der Waals surface area contributed by atoms with Crippen LogP contribution in [0, 0.1) is 0 Å². The van der Waals surface area contributed by atoms with Crippen molar-refractivity contribution in [2.45, 2.75) is 19.0 Å². The van der Waals surface area contributed by atoms with Gasteiger partial charge in [-0.25, -0.2) is 0 Å². The summed E-state index contributed by atoms with van der Waals surface area (Å²) in [6, 6.07) is 20.0. The molecule has 0 fully saturated rings. The molecule has 0 saturated heterocycles. The van der Waals surface area contributed by atoms with E-state index in [1.165, 1.54) is 27.8 Å². The van der Waals surface area contributed by atoms with Crippen molar-refractivity contribution in [1.82, 2.24) is 0 Å². The van der Waals surface area contributed by atoms with Crippen LogP contribution in [0.4, 0.5) is 13.2 Å². The average Bonchev–Trinajstić information content (AvgIpc) is 2.94. The van der Waals surface area contributed by atoms with Gasteiger partial charge in [0, 0.05) is 0 Å². The number of rotatable bonds is 2. The third-order valence-corrected chi connectivity index (χ3v) is 4.62. The van der Waals surface area contributed by atoms with Gasteiger partial charge in [-0.2, -0.15) is 13.2 Å². The Bertz CT molecular complexity index is 890. The normalized spacial score (nSPS) is 12.8. The van der Waals surface area contributed by atoms with Crippen LogP contribution in [-0.4, -0.2) is 0 Å². The average molecular weight is 324 g/mol. The van der Waals surface area contributed by atoms with Crippen molar-refractivity contribution in [2.24, 2.45) is 0 Å². The van der Waals surface area contributed by atoms with Crippen LogP contribution >= 0.6 is 0 Å². The summed E-state index contributed by atoms with van der Waals surface area (Å²) in [4.78, 5) is 0. The molecule has 0 nitrogen and oxygen atoms in total. The van der Waals surface area contributed by atoms with Gasteiger partial charge in [-0.05, 0) is 58.4 Å². The third-order valence-electron chi connectivity index (χ3n) is 4.62. The van der Waals surface area contributed by atoms with Crippen molar-refractivity contribution in [3.05, 3.63) is 94.5 Å². The van der Waals surface area contributed by atoms with E-state index in [4.69, 9.17) is 0 Å². The molecule has 4 rings (SSSR count). The van der Waals surface area contributed by atoms with E-state index in [0.717, 1.165) is 24.1 Å². The summed E-state index contributed by atoms with van der Waals surface area (Å²) in [7, 11) is 0. The second kappa shape index (κ2) is 5.52. The van der Waals surface area contributed by atoms with Crippen molar-refractivity contribution in [3.8, 4) is 11.1 Å². The SMILES string of the molecule is FC(F)(F)c1ccc(Cc2cccc3c2Cc2ccccc2-3)cc1. The molecule has 0 atom stereocenters. The highest BCUT2D eigenvalue weighted by molar-refractivity contribution is 5.78. The number of halogens is 3. The van der Waals surface area contributed by atoms with Crippen molar-refractivity contribution in [2.75, 3.05) is 0 Å². The zero-order valence-electron chi connectivity index (χ0n) is 12.9. The first kappa shape index (κ1) is 15.0. The van der Waals surface area contributed by atoms with Crippen LogP contribution in [0.5, 0.6) is 0 Å². The Morgan fingerprint density at radius 2 is 1.46 bits per heavy atom. The summed E-state index contributed by atoms with van der Waals surface area (Å²) in [6.07, 6.45) is -2.74. The van der Waals surface area contributed by atoms with E-state index in [1.54, 1.807) is 12.1 Å². The lowest BCUT2D eigenvalue weighted by Gasteiger charge is -2.10. The molecule has 24 heavy (non-hydrogen) atoms. The van der Waals surface area contributed by atoms with Gasteiger partial charge in [0.2, 0.25) is 0 Å². The summed E-state index contributed by atoms with van der Waals surface area (Å²) >= 11 is 0. The lowest BCUT2D eigenvalue weighted by molar-refractivity contribution is -0.137. The van der Waals surface area contributed by atoms with Gasteiger partial charge in [0.05, 0.1) is 5.56 Å². The van der Waals surface area contributed by atoms with Crippen molar-refractivity contribution in [3.63, 3.8) is 0 Å². The maximum Gasteiger partial charge on any atom is 0.416 e. The van der Waals surface area contributed by atoms with E-state index in [0.29, 0.717) is 6.42 Å². The highest BCUT2D eigenvalue weighted by atomic mass is 19.4. The summed E-state index contributed by atoms with van der Waals surface area (Å²) in [5.41, 5.74) is 6.59. The molecule has 3 aromatic carbocycles. The second-order valence-electron chi connectivity index (χ2n) is 6.15. The smallest absolute Gasteiger partial charge is 0.166 e. The molecule has 0 N–H and O–H groups in total. The number of fused-ring (bicyclic) bond motifs is 3. The molecule has 0 amide bonds. The number of benzene rings is 3. The van der Waals surface area contributed by atoms with Gasteiger partial charge in [0.25, 0.3) is 0 Å². The topological polar surface area (TPSA) is 0 Å². The van der Waals surface area contributed by atoms with E-state index in [-0.39, 0.29) is 0 Å². The van der Waals surface area contributed by atoms with E-state index in [2.05, 4.69) is 24.3 Å².